The molecule has 0 atom stereocenters. The Bertz CT molecular complexity index is 7090. The van der Waals surface area contributed by atoms with Crippen LogP contribution in [0.5, 0.6) is 34.5 Å². The summed E-state index contributed by atoms with van der Waals surface area (Å²) in [5.41, 5.74) is 84.6. The third-order valence-electron chi connectivity index (χ3n) is 27.8. The van der Waals surface area contributed by atoms with Crippen LogP contribution in [0.3, 0.4) is 0 Å². The van der Waals surface area contributed by atoms with E-state index < -0.39 is 0 Å². The molecule has 784 valence electrons. The van der Waals surface area contributed by atoms with Crippen molar-refractivity contribution in [2.45, 2.75) is 170 Å². The van der Waals surface area contributed by atoms with Crippen LogP contribution in [0.4, 0.5) is 45.5 Å². The normalized spacial score (nSPS) is 11.4. The molecular weight excluding hydrogens is 1820 g/mol. The Kier molecular flexibility index (Phi) is 40.5. The average Bonchev–Trinajstić information content (AvgIpc) is 1.59. The molecule has 0 unspecified atom stereocenters. The van der Waals surface area contributed by atoms with Crippen LogP contribution in [0.25, 0.3) is 87.2 Å². The van der Waals surface area contributed by atoms with E-state index in [9.17, 15) is 15.3 Å². The largest absolute Gasteiger partial charge is 0.490 e. The van der Waals surface area contributed by atoms with E-state index in [0.29, 0.717) is 69.3 Å². The second kappa shape index (κ2) is 50.9. The number of nitrogen functional groups attached to an aromatic ring is 8. The fraction of sp³-hybridized carbons (Fsp3) is 0.434. The summed E-state index contributed by atoms with van der Waals surface area (Å²) in [5, 5.41) is 62.9. The quantitative estimate of drug-likeness (QED) is 0.0194. The maximum Gasteiger partial charge on any atom is 0.143 e. The summed E-state index contributed by atoms with van der Waals surface area (Å²) < 4.78 is 47.0. The van der Waals surface area contributed by atoms with Gasteiger partial charge in [0.05, 0.1) is 83.8 Å². The lowest BCUT2D eigenvalue weighted by Gasteiger charge is -2.14. The molecule has 0 aliphatic heterocycles. The van der Waals surface area contributed by atoms with E-state index in [2.05, 4.69) is 178 Å². The molecule has 0 radical (unpaired) electrons. The van der Waals surface area contributed by atoms with Crippen LogP contribution in [0.15, 0.2) is 97.1 Å². The van der Waals surface area contributed by atoms with Gasteiger partial charge in [-0.15, -0.1) is 0 Å². The summed E-state index contributed by atoms with van der Waals surface area (Å²) in [6.45, 7) is 49.3. The topological polar surface area (TPSA) is 456 Å². The maximum atomic E-state index is 9.32. The number of anilines is 8. The molecule has 0 saturated carbocycles. The van der Waals surface area contributed by atoms with Crippen molar-refractivity contribution in [3.05, 3.63) is 198 Å². The number of nitrogens with zero attached hydrogens (tertiary/aromatic N) is 9. The first-order valence-electron chi connectivity index (χ1n) is 49.4. The Hall–Kier alpha value is -13.1. The minimum Gasteiger partial charge on any atom is -0.490 e. The summed E-state index contributed by atoms with van der Waals surface area (Å²) in [4.78, 5) is 12.9. The second-order valence-electron chi connectivity index (χ2n) is 38.5. The lowest BCUT2D eigenvalue weighted by Crippen LogP contribution is -2.19. The monoisotopic (exact) mass is 1980 g/mol. The molecule has 24 N–H and O–H groups in total. The molecule has 8 aromatic heterocycles. The van der Waals surface area contributed by atoms with Gasteiger partial charge < -0.3 is 157 Å². The summed E-state index contributed by atoms with van der Waals surface area (Å²) in [7, 11) is 18.4. The number of aromatic nitrogens is 8. The molecule has 0 aliphatic rings. The molecule has 16 rings (SSSR count). The fourth-order valence-corrected chi connectivity index (χ4v) is 18.7. The van der Waals surface area contributed by atoms with Crippen LogP contribution in [0, 0.1) is 111 Å². The van der Waals surface area contributed by atoms with Gasteiger partial charge in [0.25, 0.3) is 0 Å². The third-order valence-corrected chi connectivity index (χ3v) is 27.8. The first-order chi connectivity index (χ1) is 68.2. The van der Waals surface area contributed by atoms with Crippen LogP contribution in [0.2, 0.25) is 0 Å². The molecular formula is C113H165N19O12. The highest BCUT2D eigenvalue weighted by Gasteiger charge is 2.25. The number of H-pyrrole nitrogens is 2. The number of aliphatic hydroxyl groups excluding tert-OH is 6. The summed E-state index contributed by atoms with van der Waals surface area (Å²) in [6, 6.07) is 30.8. The molecule has 8 aromatic carbocycles. The number of fused-ring (bicyclic) bond motifs is 8. The Labute approximate surface area is 850 Å². The molecule has 0 spiro atoms. The summed E-state index contributed by atoms with van der Waals surface area (Å²) >= 11 is 0. The Morgan fingerprint density at radius 3 is 0.757 bits per heavy atom. The van der Waals surface area contributed by atoms with Crippen molar-refractivity contribution in [2.24, 2.45) is 21.1 Å². The number of aliphatic hydroxyl groups is 6. The minimum absolute atomic E-state index is 0.00451. The number of likely N-dealkylation sites (N-methyl/N-ethyl adjacent to an activating group) is 3. The molecule has 31 nitrogen and oxygen atoms in total. The van der Waals surface area contributed by atoms with E-state index >= 15 is 0 Å². The Balaban J connectivity index is 0.000000184. The fourth-order valence-electron chi connectivity index (χ4n) is 18.7. The van der Waals surface area contributed by atoms with E-state index in [0.717, 1.165) is 198 Å². The van der Waals surface area contributed by atoms with Gasteiger partial charge in [-0.2, -0.15) is 0 Å². The highest BCUT2D eigenvalue weighted by atomic mass is 16.5. The summed E-state index contributed by atoms with van der Waals surface area (Å²) in [5.74, 6) is 5.75. The number of rotatable bonds is 29. The zero-order valence-corrected chi connectivity index (χ0v) is 90.9. The Morgan fingerprint density at radius 1 is 0.257 bits per heavy atom. The van der Waals surface area contributed by atoms with Crippen molar-refractivity contribution in [2.75, 3.05) is 187 Å². The van der Waals surface area contributed by atoms with Crippen LogP contribution >= 0.6 is 0 Å². The first kappa shape index (κ1) is 115. The van der Waals surface area contributed by atoms with E-state index in [1.54, 1.807) is 6.07 Å². The first-order valence-corrected chi connectivity index (χ1v) is 49.4. The van der Waals surface area contributed by atoms with Crippen molar-refractivity contribution < 1.29 is 59.1 Å². The molecule has 0 saturated heterocycles. The molecule has 0 amide bonds. The number of hydrogen-bond donors (Lipinski definition) is 16. The van der Waals surface area contributed by atoms with Crippen LogP contribution in [-0.4, -0.2) is 224 Å². The van der Waals surface area contributed by atoms with Gasteiger partial charge in [0.15, 0.2) is 0 Å². The SMILES string of the molecule is Cc1[nH]c2c(OCCN(C)C)ccc(N)c2c1C.Cc1[nH]c2c(OCCO)ccc(N)c2c1C.Cc1c(C)n(C)c2c(C(C)C)ccc(N)c12.Cc1c(C)n(C)c2c(OCCN(C)C)ccc(N)c12.Cc1c(C)n(C)c2c(OCCO)ccc(N)c12.Cc1c(C)n(CCO)c2c(C(C)C)ccc(N)c12.Cc1c(C)n(CCO)c2c(OCCN(C)C)ccc(N)c12.Cc1c(C)n(CCO)c2c(OCCO)ccc(N)c12. The lowest BCUT2D eigenvalue weighted by atomic mass is 9.98. The number of aryl methyl sites for hydroxylation is 13. The van der Waals surface area contributed by atoms with Crippen LogP contribution in [-0.2, 0) is 40.8 Å². The van der Waals surface area contributed by atoms with Gasteiger partial charge in [-0.3, -0.25) is 0 Å². The maximum absolute atomic E-state index is 9.32. The highest BCUT2D eigenvalue weighted by molar-refractivity contribution is 6.05. The molecule has 0 aliphatic carbocycles. The van der Waals surface area contributed by atoms with E-state index in [-0.39, 0.29) is 52.9 Å². The van der Waals surface area contributed by atoms with Gasteiger partial charge in [-0.05, 0) is 305 Å². The highest BCUT2D eigenvalue weighted by Crippen LogP contribution is 2.44. The third kappa shape index (κ3) is 25.1. The molecule has 144 heavy (non-hydrogen) atoms. The smallest absolute Gasteiger partial charge is 0.143 e. The van der Waals surface area contributed by atoms with Crippen molar-refractivity contribution in [1.82, 2.24) is 52.1 Å². The minimum atomic E-state index is -0.0372. The van der Waals surface area contributed by atoms with E-state index in [4.69, 9.17) is 89.6 Å². The van der Waals surface area contributed by atoms with E-state index in [1.165, 1.54) is 78.1 Å². The van der Waals surface area contributed by atoms with Gasteiger partial charge in [0.1, 0.15) is 74.1 Å². The molecule has 8 heterocycles. The van der Waals surface area contributed by atoms with Crippen molar-refractivity contribution in [3.63, 3.8) is 0 Å². The Morgan fingerprint density at radius 2 is 0.472 bits per heavy atom. The number of ether oxygens (including phenoxy) is 6. The number of nitrogens with two attached hydrogens (primary N) is 8. The molecule has 16 aromatic rings. The van der Waals surface area contributed by atoms with Gasteiger partial charge in [-0.1, -0.05) is 39.8 Å². The zero-order valence-electron chi connectivity index (χ0n) is 90.9. The standard InChI is InChI=1S/C16H25N3O2.C15H23N3O.C15H22N2O.C14H21N3O.C14H20N2O3.C14H20N2.C13H18N2O2.C12H16N2O2/c1-11-12(2)19(7-9-20)16-14(21-10-8-18(3)4)6-5-13(17)15(11)16;1-10-11(2)18(5)15-13(19-9-8-17(3)4)7-6-12(16)14(10)15;1-9(2)12-5-6-13(16)14-10(3)11(4)17(7-8-18)15(12)14;1-9-10(2)16-14-12(18-8-7-17(3)4)6-5-11(15)13(9)14;1-9-10(2)16(5-6-17)14-12(19-8-7-18)4-3-11(15)13(9)14;1-8(2)11-6-7-12(15)13-9(3)10(4)16(5)14(11)13;1-8-9(2)15(3)13-11(17-7-6-16)5-4-10(14)12(8)13;1-7-8(2)14-12-10(16-6-5-15)4-3-9(13)11(7)12/h5-6,20H,7-10,17H2,1-4H3;6-7H,8-9,16H2,1-5H3;5-6,9,18H,7-8,16H2,1-4H3;5-6,16H,7-8,15H2,1-4H3;3-4,17-18H,5-8,15H2,1-2H3;6-8H,15H2,1-5H3;4-5,16H,6-7,14H2,1-3H3;3-4,14-15H,5-6,13H2,1-2H3. The second-order valence-corrected chi connectivity index (χ2v) is 38.5. The number of nitrogens with one attached hydrogen (secondary N) is 2. The predicted molar refractivity (Wildman–Crippen MR) is 602 cm³/mol. The van der Waals surface area contributed by atoms with Crippen molar-refractivity contribution in [3.8, 4) is 34.5 Å². The van der Waals surface area contributed by atoms with Gasteiger partial charge in [0.2, 0.25) is 0 Å². The number of aromatic amines is 2. The van der Waals surface area contributed by atoms with Gasteiger partial charge in [-0.25, -0.2) is 0 Å². The van der Waals surface area contributed by atoms with Gasteiger partial charge in [0, 0.05) is 195 Å². The molecule has 0 bridgehead atoms. The number of benzene rings is 8. The average molecular weight is 1980 g/mol. The predicted octanol–water partition coefficient (Wildman–Crippen LogP) is 17.5. The van der Waals surface area contributed by atoms with Crippen LogP contribution < -0.4 is 74.3 Å². The van der Waals surface area contributed by atoms with E-state index in [1.807, 2.05) is 167 Å². The summed E-state index contributed by atoms with van der Waals surface area (Å²) in [6.07, 6.45) is 0. The zero-order chi connectivity index (χ0) is 107. The molecule has 31 heteroatoms. The molecule has 0 fully saturated rings. The lowest BCUT2D eigenvalue weighted by molar-refractivity contribution is 0.202. The van der Waals surface area contributed by atoms with Gasteiger partial charge >= 0.3 is 0 Å². The van der Waals surface area contributed by atoms with Crippen molar-refractivity contribution in [1.29, 1.82) is 0 Å². The number of hydrogen-bond acceptors (Lipinski definition) is 23. The van der Waals surface area contributed by atoms with Crippen LogP contribution in [0.1, 0.15) is 141 Å². The van der Waals surface area contributed by atoms with Crippen molar-refractivity contribution >= 4 is 133 Å².